The van der Waals surface area contributed by atoms with Gasteiger partial charge in [0.15, 0.2) is 0 Å². The van der Waals surface area contributed by atoms with Gasteiger partial charge in [-0.15, -0.1) is 0 Å². The minimum atomic E-state index is -0.831. The van der Waals surface area contributed by atoms with E-state index in [0.29, 0.717) is 32.2 Å². The number of unbranched alkanes of at least 4 members (excludes halogenated alkanes) is 1. The number of carbonyl (C=O) groups is 3. The van der Waals surface area contributed by atoms with Gasteiger partial charge in [-0.05, 0) is 59.4 Å². The average molecular weight is 497 g/mol. The van der Waals surface area contributed by atoms with Crippen LogP contribution < -0.4 is 10.6 Å². The van der Waals surface area contributed by atoms with E-state index in [1.807, 2.05) is 36.0 Å². The number of hydrogen-bond donors (Lipinski definition) is 3. The van der Waals surface area contributed by atoms with Crippen molar-refractivity contribution in [3.63, 3.8) is 0 Å². The summed E-state index contributed by atoms with van der Waals surface area (Å²) in [5, 5.41) is 14.6. The summed E-state index contributed by atoms with van der Waals surface area (Å²) in [6, 6.07) is 16.4. The lowest BCUT2D eigenvalue weighted by molar-refractivity contribution is -0.137. The van der Waals surface area contributed by atoms with E-state index >= 15 is 0 Å². The Balaban J connectivity index is 1.34. The number of hydrogen-bond acceptors (Lipinski definition) is 5. The number of benzene rings is 2. The van der Waals surface area contributed by atoms with Crippen LogP contribution in [0.2, 0.25) is 0 Å². The van der Waals surface area contributed by atoms with E-state index < -0.39 is 17.6 Å². The van der Waals surface area contributed by atoms with E-state index in [4.69, 9.17) is 9.84 Å². The second kappa shape index (κ2) is 11.6. The van der Waals surface area contributed by atoms with E-state index in [9.17, 15) is 14.4 Å². The smallest absolute Gasteiger partial charge is 0.407 e. The molecule has 0 unspecified atom stereocenters. The molecule has 1 heterocycles. The van der Waals surface area contributed by atoms with Crippen LogP contribution >= 0.6 is 11.8 Å². The fraction of sp³-hybridized carbons (Fsp3) is 0.444. The Labute approximate surface area is 210 Å². The highest BCUT2D eigenvalue weighted by Crippen LogP contribution is 2.44. The van der Waals surface area contributed by atoms with Gasteiger partial charge >= 0.3 is 12.1 Å². The molecule has 1 aliphatic heterocycles. The van der Waals surface area contributed by atoms with Crippen molar-refractivity contribution in [2.75, 3.05) is 24.7 Å². The summed E-state index contributed by atoms with van der Waals surface area (Å²) < 4.78 is 5.74. The fourth-order valence-corrected chi connectivity index (χ4v) is 6.23. The Morgan fingerprint density at radius 2 is 1.60 bits per heavy atom. The molecule has 0 atom stereocenters. The minimum Gasteiger partial charge on any atom is -0.481 e. The van der Waals surface area contributed by atoms with E-state index in [1.165, 1.54) is 11.1 Å². The monoisotopic (exact) mass is 496 g/mol. The number of carboxylic acid groups (broad SMARTS) is 1. The molecule has 0 radical (unpaired) electrons. The maximum atomic E-state index is 12.9. The molecule has 2 amide bonds. The minimum absolute atomic E-state index is 0.0138. The average Bonchev–Trinajstić information content (AvgIpc) is 3.16. The van der Waals surface area contributed by atoms with Gasteiger partial charge in [-0.2, -0.15) is 11.8 Å². The van der Waals surface area contributed by atoms with Crippen LogP contribution in [0.3, 0.4) is 0 Å². The molecule has 4 rings (SSSR count). The number of ether oxygens (including phenoxy) is 1. The highest BCUT2D eigenvalue weighted by atomic mass is 32.2. The molecule has 0 spiro atoms. The van der Waals surface area contributed by atoms with Crippen molar-refractivity contribution in [3.8, 4) is 11.1 Å². The molecule has 1 aliphatic carbocycles. The first-order valence-electron chi connectivity index (χ1n) is 12.2. The zero-order valence-electron chi connectivity index (χ0n) is 19.8. The summed E-state index contributed by atoms with van der Waals surface area (Å²) in [6.45, 7) is 0.669. The molecule has 2 aromatic carbocycles. The lowest BCUT2D eigenvalue weighted by Gasteiger charge is -2.37. The topological polar surface area (TPSA) is 105 Å². The highest BCUT2D eigenvalue weighted by molar-refractivity contribution is 7.99. The van der Waals surface area contributed by atoms with Gasteiger partial charge in [0.25, 0.3) is 0 Å². The Morgan fingerprint density at radius 3 is 2.23 bits per heavy atom. The molecule has 7 nitrogen and oxygen atoms in total. The maximum absolute atomic E-state index is 12.9. The predicted molar refractivity (Wildman–Crippen MR) is 137 cm³/mol. The molecule has 186 valence electrons. The summed E-state index contributed by atoms with van der Waals surface area (Å²) in [4.78, 5) is 36.1. The number of carbonyl (C=O) groups excluding carboxylic acids is 2. The molecule has 0 bridgehead atoms. The van der Waals surface area contributed by atoms with E-state index in [0.717, 1.165) is 22.6 Å². The largest absolute Gasteiger partial charge is 0.481 e. The third-order valence-corrected chi connectivity index (χ3v) is 7.78. The first-order chi connectivity index (χ1) is 17.0. The molecule has 2 aromatic rings. The van der Waals surface area contributed by atoms with Crippen LogP contribution in [0.5, 0.6) is 0 Å². The summed E-state index contributed by atoms with van der Waals surface area (Å²) in [7, 11) is 0. The van der Waals surface area contributed by atoms with Crippen molar-refractivity contribution in [2.45, 2.75) is 50.0 Å². The lowest BCUT2D eigenvalue weighted by atomic mass is 9.88. The SMILES string of the molecule is O=C(O)CCCCNC(=O)CC1(NC(=O)OCC2c3ccccc3-c3ccccc32)CCSCC1. The Morgan fingerprint density at radius 1 is 0.971 bits per heavy atom. The molecule has 1 fully saturated rings. The van der Waals surface area contributed by atoms with Crippen molar-refractivity contribution in [1.29, 1.82) is 0 Å². The maximum Gasteiger partial charge on any atom is 0.407 e. The third-order valence-electron chi connectivity index (χ3n) is 6.80. The van der Waals surface area contributed by atoms with Crippen molar-refractivity contribution in [2.24, 2.45) is 0 Å². The quantitative estimate of drug-likeness (QED) is 0.417. The van der Waals surface area contributed by atoms with Crippen LogP contribution in [0, 0.1) is 0 Å². The number of amides is 2. The second-order valence-corrected chi connectivity index (χ2v) is 10.4. The highest BCUT2D eigenvalue weighted by Gasteiger charge is 2.37. The number of aliphatic carboxylic acids is 1. The van der Waals surface area contributed by atoms with Crippen LogP contribution in [0.25, 0.3) is 11.1 Å². The van der Waals surface area contributed by atoms with Gasteiger partial charge < -0.3 is 20.5 Å². The second-order valence-electron chi connectivity index (χ2n) is 9.22. The number of fused-ring (bicyclic) bond motifs is 3. The zero-order chi connectivity index (χ0) is 24.7. The number of rotatable bonds is 10. The Bertz CT molecular complexity index is 1020. The molecule has 8 heteroatoms. The Hall–Kier alpha value is -3.00. The van der Waals surface area contributed by atoms with Crippen molar-refractivity contribution >= 4 is 29.7 Å². The van der Waals surface area contributed by atoms with Gasteiger partial charge in [0.2, 0.25) is 5.91 Å². The summed E-state index contributed by atoms with van der Waals surface area (Å²) in [5.41, 5.74) is 4.05. The first kappa shape index (κ1) is 25.1. The molecule has 2 aliphatic rings. The van der Waals surface area contributed by atoms with Gasteiger partial charge in [-0.1, -0.05) is 48.5 Å². The van der Waals surface area contributed by atoms with Gasteiger partial charge in [-0.3, -0.25) is 9.59 Å². The fourth-order valence-electron chi connectivity index (χ4n) is 4.96. The lowest BCUT2D eigenvalue weighted by Crippen LogP contribution is -2.53. The number of carboxylic acids is 1. The van der Waals surface area contributed by atoms with Crippen LogP contribution in [0.1, 0.15) is 55.6 Å². The number of thioether (sulfide) groups is 1. The zero-order valence-corrected chi connectivity index (χ0v) is 20.6. The molecule has 1 saturated heterocycles. The van der Waals surface area contributed by atoms with E-state index in [2.05, 4.69) is 34.9 Å². The third kappa shape index (κ3) is 6.36. The van der Waals surface area contributed by atoms with Gasteiger partial charge in [0.1, 0.15) is 6.61 Å². The van der Waals surface area contributed by atoms with Crippen LogP contribution in [0.4, 0.5) is 4.79 Å². The van der Waals surface area contributed by atoms with E-state index in [-0.39, 0.29) is 31.3 Å². The van der Waals surface area contributed by atoms with Crippen LogP contribution in [0.15, 0.2) is 48.5 Å². The molecular formula is C27H32N2O5S. The Kier molecular flexibility index (Phi) is 8.33. The summed E-state index contributed by atoms with van der Waals surface area (Å²) in [5.74, 6) is 0.763. The standard InChI is InChI=1S/C27H32N2O5S/c30-24(28-14-6-5-11-25(31)32)17-27(12-15-35-16-13-27)29-26(33)34-18-23-21-9-3-1-7-19(21)20-8-2-4-10-22(20)23/h1-4,7-10,23H,5-6,11-18H2,(H,28,30)(H,29,33)(H,31,32). The summed E-state index contributed by atoms with van der Waals surface area (Å²) >= 11 is 1.82. The van der Waals surface area contributed by atoms with Crippen molar-refractivity contribution in [1.82, 2.24) is 10.6 Å². The molecule has 0 saturated carbocycles. The molecule has 35 heavy (non-hydrogen) atoms. The number of nitrogens with one attached hydrogen (secondary N) is 2. The normalized spacial score (nSPS) is 16.1. The van der Waals surface area contributed by atoms with Crippen molar-refractivity contribution < 1.29 is 24.2 Å². The molecule has 0 aromatic heterocycles. The molecule has 3 N–H and O–H groups in total. The van der Waals surface area contributed by atoms with Crippen molar-refractivity contribution in [3.05, 3.63) is 59.7 Å². The summed E-state index contributed by atoms with van der Waals surface area (Å²) in [6.07, 6.45) is 2.34. The van der Waals surface area contributed by atoms with Gasteiger partial charge in [-0.25, -0.2) is 4.79 Å². The van der Waals surface area contributed by atoms with Crippen LogP contribution in [-0.2, 0) is 14.3 Å². The predicted octanol–water partition coefficient (Wildman–Crippen LogP) is 4.55. The number of alkyl carbamates (subject to hydrolysis) is 1. The van der Waals surface area contributed by atoms with Gasteiger partial charge in [0.05, 0.1) is 5.54 Å². The van der Waals surface area contributed by atoms with Gasteiger partial charge in [0, 0.05) is 25.3 Å². The molecular weight excluding hydrogens is 464 g/mol. The van der Waals surface area contributed by atoms with E-state index in [1.54, 1.807) is 0 Å². The van der Waals surface area contributed by atoms with Crippen LogP contribution in [-0.4, -0.2) is 53.3 Å². The first-order valence-corrected chi connectivity index (χ1v) is 13.3.